The van der Waals surface area contributed by atoms with Crippen molar-refractivity contribution in [2.75, 3.05) is 7.11 Å². The first kappa shape index (κ1) is 18.2. The second-order valence-electron chi connectivity index (χ2n) is 6.21. The van der Waals surface area contributed by atoms with E-state index in [1.165, 1.54) is 0 Å². The predicted octanol–water partition coefficient (Wildman–Crippen LogP) is 2.61. The van der Waals surface area contributed by atoms with E-state index >= 15 is 0 Å². The van der Waals surface area contributed by atoms with Gasteiger partial charge >= 0.3 is 5.97 Å². The highest BCUT2D eigenvalue weighted by Crippen LogP contribution is 2.30. The smallest absolute Gasteiger partial charge is 0.321 e. The first-order valence-electron chi connectivity index (χ1n) is 8.21. The number of carboxylic acids is 1. The van der Waals surface area contributed by atoms with Gasteiger partial charge in [-0.3, -0.25) is 10.1 Å². The summed E-state index contributed by atoms with van der Waals surface area (Å²) in [5, 5.41) is 13.6. The van der Waals surface area contributed by atoms with Crippen molar-refractivity contribution >= 4 is 29.3 Å². The number of halogens is 1. The van der Waals surface area contributed by atoms with E-state index in [1.54, 1.807) is 7.11 Å². The van der Waals surface area contributed by atoms with Crippen LogP contribution in [0.15, 0.2) is 42.6 Å². The summed E-state index contributed by atoms with van der Waals surface area (Å²) in [6.07, 6.45) is 2.31. The second-order valence-corrected chi connectivity index (χ2v) is 6.21. The molecule has 2 aromatic heterocycles. The van der Waals surface area contributed by atoms with Gasteiger partial charge in [-0.15, -0.1) is 12.4 Å². The summed E-state index contributed by atoms with van der Waals surface area (Å²) >= 11 is 0. The lowest BCUT2D eigenvalue weighted by Gasteiger charge is -2.22. The molecule has 26 heavy (non-hydrogen) atoms. The van der Waals surface area contributed by atoms with Crippen LogP contribution in [0.4, 0.5) is 0 Å². The molecule has 4 rings (SSSR count). The van der Waals surface area contributed by atoms with Gasteiger partial charge in [0.15, 0.2) is 0 Å². The van der Waals surface area contributed by atoms with Gasteiger partial charge in [0, 0.05) is 48.4 Å². The van der Waals surface area contributed by atoms with Gasteiger partial charge < -0.3 is 14.4 Å². The number of nitrogens with one attached hydrogen (secondary N) is 1. The van der Waals surface area contributed by atoms with Crippen LogP contribution in [-0.4, -0.2) is 33.8 Å². The Morgan fingerprint density at radius 2 is 2.15 bits per heavy atom. The normalized spacial score (nSPS) is 16.0. The third kappa shape index (κ3) is 3.13. The quantitative estimate of drug-likeness (QED) is 0.735. The number of hydrogen-bond donors (Lipinski definition) is 2. The summed E-state index contributed by atoms with van der Waals surface area (Å²) in [6.45, 7) is 1.23. The van der Waals surface area contributed by atoms with E-state index in [0.29, 0.717) is 25.4 Å². The van der Waals surface area contributed by atoms with Crippen LogP contribution in [0.5, 0.6) is 5.88 Å². The fraction of sp³-hybridized carbons (Fsp3) is 0.263. The van der Waals surface area contributed by atoms with Crippen molar-refractivity contribution in [1.29, 1.82) is 0 Å². The van der Waals surface area contributed by atoms with Gasteiger partial charge in [-0.05, 0) is 17.2 Å². The summed E-state index contributed by atoms with van der Waals surface area (Å²) < 4.78 is 7.37. The SMILES string of the molecule is COc1ccc(Cn2c3c(c4ccccc42)CC(C(=O)O)NC3)cn1.Cl. The first-order chi connectivity index (χ1) is 12.2. The minimum atomic E-state index is -0.804. The summed E-state index contributed by atoms with van der Waals surface area (Å²) in [5.74, 6) is -0.212. The summed E-state index contributed by atoms with van der Waals surface area (Å²) in [4.78, 5) is 15.6. The topological polar surface area (TPSA) is 76.4 Å². The lowest BCUT2D eigenvalue weighted by Crippen LogP contribution is -2.42. The van der Waals surface area contributed by atoms with Gasteiger partial charge in [0.2, 0.25) is 5.88 Å². The Morgan fingerprint density at radius 1 is 1.35 bits per heavy atom. The van der Waals surface area contributed by atoms with E-state index < -0.39 is 12.0 Å². The third-order valence-corrected chi connectivity index (χ3v) is 4.76. The molecule has 0 bridgehead atoms. The Kier molecular flexibility index (Phi) is 5.15. The van der Waals surface area contributed by atoms with Gasteiger partial charge in [0.05, 0.1) is 7.11 Å². The maximum Gasteiger partial charge on any atom is 0.321 e. The molecule has 7 heteroatoms. The highest BCUT2D eigenvalue weighted by atomic mass is 35.5. The Balaban J connectivity index is 0.00000196. The predicted molar refractivity (Wildman–Crippen MR) is 101 cm³/mol. The summed E-state index contributed by atoms with van der Waals surface area (Å²) in [6, 6.07) is 11.5. The second kappa shape index (κ2) is 7.35. The van der Waals surface area contributed by atoms with Crippen molar-refractivity contribution in [3.05, 3.63) is 59.4 Å². The van der Waals surface area contributed by atoms with Crippen LogP contribution in [-0.2, 0) is 24.3 Å². The molecular weight excluding hydrogens is 354 g/mol. The number of pyridine rings is 1. The largest absolute Gasteiger partial charge is 0.481 e. The molecule has 3 aromatic rings. The van der Waals surface area contributed by atoms with Gasteiger partial charge in [0.1, 0.15) is 6.04 Å². The van der Waals surface area contributed by atoms with Crippen molar-refractivity contribution in [2.45, 2.75) is 25.6 Å². The lowest BCUT2D eigenvalue weighted by molar-refractivity contribution is -0.139. The molecule has 0 spiro atoms. The van der Waals surface area contributed by atoms with Crippen LogP contribution in [0.2, 0.25) is 0 Å². The lowest BCUT2D eigenvalue weighted by atomic mass is 9.99. The number of nitrogens with zero attached hydrogens (tertiary/aromatic N) is 2. The van der Waals surface area contributed by atoms with Crippen LogP contribution < -0.4 is 10.1 Å². The minimum absolute atomic E-state index is 0. The monoisotopic (exact) mass is 373 g/mol. The fourth-order valence-electron chi connectivity index (χ4n) is 3.52. The number of aromatic nitrogens is 2. The highest BCUT2D eigenvalue weighted by molar-refractivity contribution is 5.87. The third-order valence-electron chi connectivity index (χ3n) is 4.76. The van der Waals surface area contributed by atoms with Gasteiger partial charge in [-0.1, -0.05) is 24.3 Å². The molecule has 1 aromatic carbocycles. The number of carbonyl (C=O) groups is 1. The Hall–Kier alpha value is -2.57. The molecule has 1 aliphatic rings. The fourth-order valence-corrected chi connectivity index (χ4v) is 3.52. The molecular formula is C19H20ClN3O3. The molecule has 6 nitrogen and oxygen atoms in total. The van der Waals surface area contributed by atoms with Gasteiger partial charge in [0.25, 0.3) is 0 Å². The zero-order valence-corrected chi connectivity index (χ0v) is 15.1. The maximum absolute atomic E-state index is 11.4. The van der Waals surface area contributed by atoms with Crippen molar-refractivity contribution in [3.8, 4) is 5.88 Å². The van der Waals surface area contributed by atoms with Crippen molar-refractivity contribution < 1.29 is 14.6 Å². The number of rotatable bonds is 4. The van der Waals surface area contributed by atoms with Crippen LogP contribution >= 0.6 is 12.4 Å². The Labute approximate surface area is 157 Å². The summed E-state index contributed by atoms with van der Waals surface area (Å²) in [7, 11) is 1.60. The molecule has 0 fully saturated rings. The minimum Gasteiger partial charge on any atom is -0.481 e. The van der Waals surface area contributed by atoms with E-state index in [9.17, 15) is 9.90 Å². The molecule has 0 saturated carbocycles. The zero-order chi connectivity index (χ0) is 17.4. The molecule has 1 aliphatic heterocycles. The highest BCUT2D eigenvalue weighted by Gasteiger charge is 2.28. The Morgan fingerprint density at radius 3 is 2.85 bits per heavy atom. The number of aliphatic carboxylic acids is 1. The summed E-state index contributed by atoms with van der Waals surface area (Å²) in [5.41, 5.74) is 4.47. The maximum atomic E-state index is 11.4. The molecule has 0 aliphatic carbocycles. The number of para-hydroxylation sites is 1. The number of hydrogen-bond acceptors (Lipinski definition) is 4. The number of benzene rings is 1. The number of carboxylic acid groups (broad SMARTS) is 1. The molecule has 0 radical (unpaired) electrons. The molecule has 1 unspecified atom stereocenters. The van der Waals surface area contributed by atoms with E-state index in [4.69, 9.17) is 4.74 Å². The van der Waals surface area contributed by atoms with E-state index in [2.05, 4.69) is 27.0 Å². The number of methoxy groups -OCH3 is 1. The van der Waals surface area contributed by atoms with Crippen molar-refractivity contribution in [3.63, 3.8) is 0 Å². The Bertz CT molecular complexity index is 937. The van der Waals surface area contributed by atoms with Crippen LogP contribution in [0, 0.1) is 0 Å². The zero-order valence-electron chi connectivity index (χ0n) is 14.3. The first-order valence-corrected chi connectivity index (χ1v) is 8.21. The molecule has 136 valence electrons. The standard InChI is InChI=1S/C19H19N3O3.ClH/c1-25-18-7-6-12(9-21-18)11-22-16-5-3-2-4-13(16)14-8-15(19(23)24)20-10-17(14)22;/h2-7,9,15,20H,8,10-11H2,1H3,(H,23,24);1H. The molecule has 0 saturated heterocycles. The average molecular weight is 374 g/mol. The molecule has 2 N–H and O–H groups in total. The van der Waals surface area contributed by atoms with Crippen LogP contribution in [0.1, 0.15) is 16.8 Å². The van der Waals surface area contributed by atoms with Crippen molar-refractivity contribution in [1.82, 2.24) is 14.9 Å². The van der Waals surface area contributed by atoms with Crippen LogP contribution in [0.25, 0.3) is 10.9 Å². The number of ether oxygens (including phenoxy) is 1. The molecule has 0 amide bonds. The van der Waals surface area contributed by atoms with E-state index in [1.807, 2.05) is 30.5 Å². The average Bonchev–Trinajstić information content (AvgIpc) is 2.96. The van der Waals surface area contributed by atoms with E-state index in [-0.39, 0.29) is 12.4 Å². The van der Waals surface area contributed by atoms with Gasteiger partial charge in [-0.2, -0.15) is 0 Å². The van der Waals surface area contributed by atoms with Crippen molar-refractivity contribution in [2.24, 2.45) is 0 Å². The molecule has 3 heterocycles. The van der Waals surface area contributed by atoms with Gasteiger partial charge in [-0.25, -0.2) is 4.98 Å². The van der Waals surface area contributed by atoms with E-state index in [0.717, 1.165) is 27.7 Å². The number of fused-ring (bicyclic) bond motifs is 3. The van der Waals surface area contributed by atoms with Crippen LogP contribution in [0.3, 0.4) is 0 Å². The molecule has 1 atom stereocenters.